The van der Waals surface area contributed by atoms with Gasteiger partial charge >= 0.3 is 0 Å². The molecule has 1 aliphatic rings. The summed E-state index contributed by atoms with van der Waals surface area (Å²) in [4.78, 5) is 2.53. The first-order valence-corrected chi connectivity index (χ1v) is 7.13. The van der Waals surface area contributed by atoms with E-state index in [9.17, 15) is 0 Å². The molecule has 3 heteroatoms. The number of hydrogen-bond donors (Lipinski definition) is 1. The van der Waals surface area contributed by atoms with Crippen LogP contribution in [-0.4, -0.2) is 49.3 Å². The van der Waals surface area contributed by atoms with Crippen LogP contribution in [-0.2, 0) is 4.74 Å². The maximum absolute atomic E-state index is 5.97. The molecule has 1 rings (SSSR count). The Kier molecular flexibility index (Phi) is 6.45. The average molecular weight is 242 g/mol. The van der Waals surface area contributed by atoms with Crippen LogP contribution in [0.15, 0.2) is 0 Å². The second-order valence-corrected chi connectivity index (χ2v) is 5.79. The number of nitrogens with zero attached hydrogens (tertiary/aromatic N) is 1. The van der Waals surface area contributed by atoms with Crippen molar-refractivity contribution in [1.82, 2.24) is 10.2 Å². The van der Waals surface area contributed by atoms with Gasteiger partial charge < -0.3 is 10.1 Å². The molecule has 0 aromatic carbocycles. The molecule has 1 N–H and O–H groups in total. The SMILES string of the molecule is CCNC(CC(C)C)C1CN(C(C)C)CCO1. The highest BCUT2D eigenvalue weighted by molar-refractivity contribution is 4.84. The fraction of sp³-hybridized carbons (Fsp3) is 1.00. The quantitative estimate of drug-likeness (QED) is 0.772. The summed E-state index contributed by atoms with van der Waals surface area (Å²) in [6.07, 6.45) is 1.55. The molecule has 0 spiro atoms. The van der Waals surface area contributed by atoms with Crippen molar-refractivity contribution in [3.05, 3.63) is 0 Å². The van der Waals surface area contributed by atoms with Gasteiger partial charge in [0, 0.05) is 25.2 Å². The number of nitrogens with one attached hydrogen (secondary N) is 1. The molecule has 17 heavy (non-hydrogen) atoms. The van der Waals surface area contributed by atoms with Crippen LogP contribution in [0.3, 0.4) is 0 Å². The van der Waals surface area contributed by atoms with Crippen molar-refractivity contribution in [2.24, 2.45) is 5.92 Å². The zero-order valence-corrected chi connectivity index (χ0v) is 12.2. The summed E-state index contributed by atoms with van der Waals surface area (Å²) in [6.45, 7) is 15.3. The Bertz CT molecular complexity index is 206. The van der Waals surface area contributed by atoms with Gasteiger partial charge in [-0.15, -0.1) is 0 Å². The Morgan fingerprint density at radius 3 is 2.53 bits per heavy atom. The van der Waals surface area contributed by atoms with Crippen molar-refractivity contribution in [1.29, 1.82) is 0 Å². The fourth-order valence-corrected chi connectivity index (χ4v) is 2.55. The fourth-order valence-electron chi connectivity index (χ4n) is 2.55. The molecule has 0 aliphatic carbocycles. The van der Waals surface area contributed by atoms with Crippen LogP contribution < -0.4 is 5.32 Å². The average Bonchev–Trinajstić information content (AvgIpc) is 2.28. The van der Waals surface area contributed by atoms with E-state index in [2.05, 4.69) is 44.8 Å². The lowest BCUT2D eigenvalue weighted by Crippen LogP contribution is -2.54. The largest absolute Gasteiger partial charge is 0.374 e. The molecule has 1 fully saturated rings. The van der Waals surface area contributed by atoms with Crippen LogP contribution in [0, 0.1) is 5.92 Å². The highest BCUT2D eigenvalue weighted by Crippen LogP contribution is 2.16. The Labute approximate surface area is 107 Å². The Morgan fingerprint density at radius 2 is 2.00 bits per heavy atom. The zero-order chi connectivity index (χ0) is 12.8. The Balaban J connectivity index is 2.53. The van der Waals surface area contributed by atoms with Crippen molar-refractivity contribution in [2.75, 3.05) is 26.2 Å². The van der Waals surface area contributed by atoms with Gasteiger partial charge in [0.25, 0.3) is 0 Å². The third-order valence-electron chi connectivity index (χ3n) is 3.50. The minimum absolute atomic E-state index is 0.355. The predicted octanol–water partition coefficient (Wildman–Crippen LogP) is 2.12. The molecule has 1 saturated heterocycles. The summed E-state index contributed by atoms with van der Waals surface area (Å²) in [5.41, 5.74) is 0. The standard InChI is InChI=1S/C14H30N2O/c1-6-15-13(9-11(2)3)14-10-16(12(4)5)7-8-17-14/h11-15H,6-10H2,1-5H3. The van der Waals surface area contributed by atoms with Crippen molar-refractivity contribution >= 4 is 0 Å². The number of rotatable bonds is 6. The highest BCUT2D eigenvalue weighted by atomic mass is 16.5. The highest BCUT2D eigenvalue weighted by Gasteiger charge is 2.28. The van der Waals surface area contributed by atoms with E-state index in [1.165, 1.54) is 6.42 Å². The molecular weight excluding hydrogens is 212 g/mol. The zero-order valence-electron chi connectivity index (χ0n) is 12.2. The molecule has 0 aromatic heterocycles. The first kappa shape index (κ1) is 14.9. The van der Waals surface area contributed by atoms with Crippen LogP contribution >= 0.6 is 0 Å². The maximum Gasteiger partial charge on any atom is 0.0855 e. The lowest BCUT2D eigenvalue weighted by Gasteiger charge is -2.39. The van der Waals surface area contributed by atoms with E-state index in [4.69, 9.17) is 4.74 Å². The predicted molar refractivity (Wildman–Crippen MR) is 73.4 cm³/mol. The van der Waals surface area contributed by atoms with Gasteiger partial charge in [-0.05, 0) is 32.7 Å². The molecule has 0 amide bonds. The lowest BCUT2D eigenvalue weighted by atomic mass is 9.97. The first-order valence-electron chi connectivity index (χ1n) is 7.13. The summed E-state index contributed by atoms with van der Waals surface area (Å²) in [5.74, 6) is 0.720. The van der Waals surface area contributed by atoms with Crippen LogP contribution in [0.5, 0.6) is 0 Å². The minimum atomic E-state index is 0.355. The molecule has 1 heterocycles. The molecule has 102 valence electrons. The molecule has 2 atom stereocenters. The van der Waals surface area contributed by atoms with Crippen LogP contribution in [0.25, 0.3) is 0 Å². The molecule has 0 bridgehead atoms. The molecule has 0 saturated carbocycles. The number of likely N-dealkylation sites (N-methyl/N-ethyl adjacent to an activating group) is 1. The number of ether oxygens (including phenoxy) is 1. The summed E-state index contributed by atoms with van der Waals surface area (Å²) in [5, 5.41) is 3.59. The van der Waals surface area contributed by atoms with E-state index in [-0.39, 0.29) is 0 Å². The van der Waals surface area contributed by atoms with Crippen molar-refractivity contribution in [3.63, 3.8) is 0 Å². The maximum atomic E-state index is 5.97. The monoisotopic (exact) mass is 242 g/mol. The summed E-state index contributed by atoms with van der Waals surface area (Å²) >= 11 is 0. The van der Waals surface area contributed by atoms with Gasteiger partial charge in [0.15, 0.2) is 0 Å². The van der Waals surface area contributed by atoms with E-state index >= 15 is 0 Å². The Morgan fingerprint density at radius 1 is 1.29 bits per heavy atom. The van der Waals surface area contributed by atoms with Gasteiger partial charge in [-0.3, -0.25) is 4.90 Å². The third kappa shape index (κ3) is 4.94. The van der Waals surface area contributed by atoms with Gasteiger partial charge in [0.05, 0.1) is 12.7 Å². The van der Waals surface area contributed by atoms with Crippen molar-refractivity contribution in [2.45, 2.75) is 59.2 Å². The van der Waals surface area contributed by atoms with Gasteiger partial charge in [-0.1, -0.05) is 20.8 Å². The molecular formula is C14H30N2O. The summed E-state index contributed by atoms with van der Waals surface area (Å²) in [6, 6.07) is 1.13. The van der Waals surface area contributed by atoms with Crippen LogP contribution in [0.2, 0.25) is 0 Å². The molecule has 0 aromatic rings. The second-order valence-electron chi connectivity index (χ2n) is 5.79. The molecule has 1 aliphatic heterocycles. The van der Waals surface area contributed by atoms with Crippen LogP contribution in [0.4, 0.5) is 0 Å². The van der Waals surface area contributed by atoms with Crippen molar-refractivity contribution in [3.8, 4) is 0 Å². The topological polar surface area (TPSA) is 24.5 Å². The van der Waals surface area contributed by atoms with Gasteiger partial charge in [0.2, 0.25) is 0 Å². The normalized spacial score (nSPS) is 24.5. The van der Waals surface area contributed by atoms with Crippen molar-refractivity contribution < 1.29 is 4.74 Å². The van der Waals surface area contributed by atoms with Gasteiger partial charge in [0.1, 0.15) is 0 Å². The Hall–Kier alpha value is -0.120. The molecule has 3 nitrogen and oxygen atoms in total. The summed E-state index contributed by atoms with van der Waals surface area (Å²) < 4.78 is 5.97. The van der Waals surface area contributed by atoms with Crippen LogP contribution in [0.1, 0.15) is 41.0 Å². The van der Waals surface area contributed by atoms with Gasteiger partial charge in [-0.25, -0.2) is 0 Å². The lowest BCUT2D eigenvalue weighted by molar-refractivity contribution is -0.0578. The van der Waals surface area contributed by atoms with E-state index < -0.39 is 0 Å². The summed E-state index contributed by atoms with van der Waals surface area (Å²) in [7, 11) is 0. The first-order chi connectivity index (χ1) is 8.04. The molecule has 0 radical (unpaired) electrons. The third-order valence-corrected chi connectivity index (χ3v) is 3.50. The van der Waals surface area contributed by atoms with E-state index in [1.54, 1.807) is 0 Å². The smallest absolute Gasteiger partial charge is 0.0855 e. The van der Waals surface area contributed by atoms with E-state index in [1.807, 2.05) is 0 Å². The second kappa shape index (κ2) is 7.34. The molecule has 2 unspecified atom stereocenters. The number of morpholine rings is 1. The van der Waals surface area contributed by atoms with E-state index in [0.29, 0.717) is 18.2 Å². The van der Waals surface area contributed by atoms with Gasteiger partial charge in [-0.2, -0.15) is 0 Å². The minimum Gasteiger partial charge on any atom is -0.374 e. The van der Waals surface area contributed by atoms with E-state index in [0.717, 1.165) is 32.2 Å². The number of hydrogen-bond acceptors (Lipinski definition) is 3.